The molecule has 1 aliphatic rings. The van der Waals surface area contributed by atoms with Crippen LogP contribution in [0.1, 0.15) is 25.3 Å². The summed E-state index contributed by atoms with van der Waals surface area (Å²) in [7, 11) is 3.77. The Kier molecular flexibility index (Phi) is 5.88. The summed E-state index contributed by atoms with van der Waals surface area (Å²) in [6.45, 7) is 4.70. The van der Waals surface area contributed by atoms with Gasteiger partial charge in [0.15, 0.2) is 11.5 Å². The number of methoxy groups -OCH3 is 1. The first-order valence-electron chi connectivity index (χ1n) is 7.80. The predicted molar refractivity (Wildman–Crippen MR) is 84.1 cm³/mol. The Hall–Kier alpha value is -1.26. The van der Waals surface area contributed by atoms with Gasteiger partial charge in [0, 0.05) is 19.0 Å². The third kappa shape index (κ3) is 4.35. The van der Waals surface area contributed by atoms with Crippen LogP contribution in [0.4, 0.5) is 0 Å². The number of likely N-dealkylation sites (tertiary alicyclic amines) is 1. The van der Waals surface area contributed by atoms with E-state index in [0.717, 1.165) is 43.9 Å². The molecule has 0 aromatic heterocycles. The van der Waals surface area contributed by atoms with Gasteiger partial charge in [-0.25, -0.2) is 0 Å². The van der Waals surface area contributed by atoms with Gasteiger partial charge >= 0.3 is 0 Å². The summed E-state index contributed by atoms with van der Waals surface area (Å²) in [4.78, 5) is 2.29. The molecule has 0 bridgehead atoms. The highest BCUT2D eigenvalue weighted by atomic mass is 16.5. The number of aliphatic hydroxyl groups excluding tert-OH is 1. The quantitative estimate of drug-likeness (QED) is 0.874. The molecule has 0 spiro atoms. The first-order valence-corrected chi connectivity index (χ1v) is 7.80. The van der Waals surface area contributed by atoms with Gasteiger partial charge in [0.05, 0.1) is 19.8 Å². The molecule has 0 amide bonds. The van der Waals surface area contributed by atoms with Gasteiger partial charge in [0.25, 0.3) is 0 Å². The van der Waals surface area contributed by atoms with Crippen LogP contribution in [-0.2, 0) is 6.42 Å². The molecule has 21 heavy (non-hydrogen) atoms. The first kappa shape index (κ1) is 16.1. The highest BCUT2D eigenvalue weighted by Crippen LogP contribution is 2.30. The molecule has 2 rings (SSSR count). The van der Waals surface area contributed by atoms with Gasteiger partial charge in [-0.15, -0.1) is 0 Å². The van der Waals surface area contributed by atoms with E-state index in [-0.39, 0.29) is 12.0 Å². The molecule has 2 unspecified atom stereocenters. The lowest BCUT2D eigenvalue weighted by Gasteiger charge is -2.34. The zero-order valence-corrected chi connectivity index (χ0v) is 13.3. The molecule has 118 valence electrons. The van der Waals surface area contributed by atoms with Crippen molar-refractivity contribution >= 4 is 0 Å². The Balaban J connectivity index is 2.08. The van der Waals surface area contributed by atoms with E-state index in [4.69, 9.17) is 9.47 Å². The number of aliphatic hydroxyl groups is 1. The summed E-state index contributed by atoms with van der Waals surface area (Å²) in [6, 6.07) is 6.08. The summed E-state index contributed by atoms with van der Waals surface area (Å²) in [5.41, 5.74) is 1.20. The number of nitrogens with zero attached hydrogens (tertiary/aromatic N) is 1. The van der Waals surface area contributed by atoms with Crippen molar-refractivity contribution in [3.05, 3.63) is 23.8 Å². The molecule has 1 fully saturated rings. The maximum absolute atomic E-state index is 10.2. The third-order valence-electron chi connectivity index (χ3n) is 4.08. The zero-order valence-electron chi connectivity index (χ0n) is 13.3. The van der Waals surface area contributed by atoms with E-state index in [1.165, 1.54) is 5.56 Å². The SMILES string of the molecule is CCCOc1cc(CC2CN(C)CCC2O)ccc1OC. The third-order valence-corrected chi connectivity index (χ3v) is 4.08. The Labute approximate surface area is 127 Å². The number of hydrogen-bond acceptors (Lipinski definition) is 4. The molecule has 0 aliphatic carbocycles. The minimum atomic E-state index is -0.205. The highest BCUT2D eigenvalue weighted by molar-refractivity contribution is 5.43. The fourth-order valence-corrected chi connectivity index (χ4v) is 2.88. The van der Waals surface area contributed by atoms with Gasteiger partial charge in [-0.2, -0.15) is 0 Å². The molecular weight excluding hydrogens is 266 g/mol. The lowest BCUT2D eigenvalue weighted by Crippen LogP contribution is -2.41. The summed E-state index contributed by atoms with van der Waals surface area (Å²) >= 11 is 0. The van der Waals surface area contributed by atoms with E-state index in [1.54, 1.807) is 7.11 Å². The van der Waals surface area contributed by atoms with Crippen molar-refractivity contribution in [3.63, 3.8) is 0 Å². The van der Waals surface area contributed by atoms with Crippen LogP contribution in [0.25, 0.3) is 0 Å². The van der Waals surface area contributed by atoms with Crippen molar-refractivity contribution in [2.75, 3.05) is 33.9 Å². The number of hydrogen-bond donors (Lipinski definition) is 1. The van der Waals surface area contributed by atoms with E-state index >= 15 is 0 Å². The van der Waals surface area contributed by atoms with Crippen LogP contribution < -0.4 is 9.47 Å². The fourth-order valence-electron chi connectivity index (χ4n) is 2.88. The average Bonchev–Trinajstić information content (AvgIpc) is 2.49. The van der Waals surface area contributed by atoms with Gasteiger partial charge in [0.2, 0.25) is 0 Å². The Morgan fingerprint density at radius 2 is 2.14 bits per heavy atom. The molecule has 1 heterocycles. The van der Waals surface area contributed by atoms with Gasteiger partial charge < -0.3 is 19.5 Å². The molecule has 2 atom stereocenters. The maximum atomic E-state index is 10.2. The number of piperidine rings is 1. The first-order chi connectivity index (χ1) is 10.1. The smallest absolute Gasteiger partial charge is 0.161 e. The van der Waals surface area contributed by atoms with E-state index in [2.05, 4.69) is 31.0 Å². The number of benzene rings is 1. The van der Waals surface area contributed by atoms with Crippen molar-refractivity contribution in [1.82, 2.24) is 4.90 Å². The lowest BCUT2D eigenvalue weighted by molar-refractivity contribution is 0.0366. The summed E-state index contributed by atoms with van der Waals surface area (Å²) in [5.74, 6) is 1.86. The van der Waals surface area contributed by atoms with E-state index < -0.39 is 0 Å². The molecule has 0 saturated carbocycles. The molecule has 0 radical (unpaired) electrons. The molecule has 4 nitrogen and oxygen atoms in total. The van der Waals surface area contributed by atoms with Gasteiger partial charge in [-0.3, -0.25) is 0 Å². The number of ether oxygens (including phenoxy) is 2. The lowest BCUT2D eigenvalue weighted by atomic mass is 9.89. The van der Waals surface area contributed by atoms with Crippen LogP contribution in [0, 0.1) is 5.92 Å². The molecule has 1 N–H and O–H groups in total. The van der Waals surface area contributed by atoms with Crippen LogP contribution in [0.5, 0.6) is 11.5 Å². The monoisotopic (exact) mass is 293 g/mol. The molecule has 1 saturated heterocycles. The van der Waals surface area contributed by atoms with Crippen molar-refractivity contribution in [3.8, 4) is 11.5 Å². The number of rotatable bonds is 6. The zero-order chi connectivity index (χ0) is 15.2. The van der Waals surface area contributed by atoms with E-state index in [0.29, 0.717) is 6.61 Å². The largest absolute Gasteiger partial charge is 0.493 e. The van der Waals surface area contributed by atoms with Crippen molar-refractivity contribution in [2.45, 2.75) is 32.3 Å². The van der Waals surface area contributed by atoms with Crippen LogP contribution >= 0.6 is 0 Å². The predicted octanol–water partition coefficient (Wildman–Crippen LogP) is 2.34. The second-order valence-corrected chi connectivity index (χ2v) is 5.92. The molecular formula is C17H27NO3. The minimum Gasteiger partial charge on any atom is -0.493 e. The Bertz CT molecular complexity index is 450. The second-order valence-electron chi connectivity index (χ2n) is 5.92. The molecule has 1 aliphatic heterocycles. The van der Waals surface area contributed by atoms with Crippen molar-refractivity contribution in [2.24, 2.45) is 5.92 Å². The second kappa shape index (κ2) is 7.66. The Morgan fingerprint density at radius 3 is 2.86 bits per heavy atom. The van der Waals surface area contributed by atoms with Crippen LogP contribution in [-0.4, -0.2) is 50.0 Å². The van der Waals surface area contributed by atoms with Crippen molar-refractivity contribution in [1.29, 1.82) is 0 Å². The van der Waals surface area contributed by atoms with Crippen LogP contribution in [0.15, 0.2) is 18.2 Å². The minimum absolute atomic E-state index is 0.205. The summed E-state index contributed by atoms with van der Waals surface area (Å²) < 4.78 is 11.1. The van der Waals surface area contributed by atoms with E-state index in [1.807, 2.05) is 6.07 Å². The molecule has 1 aromatic carbocycles. The van der Waals surface area contributed by atoms with Gasteiger partial charge in [0.1, 0.15) is 0 Å². The van der Waals surface area contributed by atoms with E-state index in [9.17, 15) is 5.11 Å². The maximum Gasteiger partial charge on any atom is 0.161 e. The average molecular weight is 293 g/mol. The standard InChI is InChI=1S/C17H27NO3/c1-4-9-21-17-11-13(5-6-16(17)20-3)10-14-12-18(2)8-7-15(14)19/h5-6,11,14-15,19H,4,7-10,12H2,1-3H3. The van der Waals surface area contributed by atoms with Gasteiger partial charge in [-0.1, -0.05) is 13.0 Å². The molecule has 4 heteroatoms. The normalized spacial score (nSPS) is 23.0. The summed E-state index contributed by atoms with van der Waals surface area (Å²) in [5, 5.41) is 10.2. The fraction of sp³-hybridized carbons (Fsp3) is 0.647. The van der Waals surface area contributed by atoms with Crippen LogP contribution in [0.2, 0.25) is 0 Å². The Morgan fingerprint density at radius 1 is 1.33 bits per heavy atom. The highest BCUT2D eigenvalue weighted by Gasteiger charge is 2.26. The molecule has 1 aromatic rings. The van der Waals surface area contributed by atoms with Gasteiger partial charge in [-0.05, 0) is 44.0 Å². The summed E-state index contributed by atoms with van der Waals surface area (Å²) in [6.07, 6.45) is 2.50. The van der Waals surface area contributed by atoms with Crippen LogP contribution in [0.3, 0.4) is 0 Å². The topological polar surface area (TPSA) is 41.9 Å². The van der Waals surface area contributed by atoms with Crippen molar-refractivity contribution < 1.29 is 14.6 Å².